The van der Waals surface area contributed by atoms with E-state index in [9.17, 15) is 22.8 Å². The summed E-state index contributed by atoms with van der Waals surface area (Å²) >= 11 is 0.989. The number of hydrogen-bond donors (Lipinski definition) is 1. The molecule has 0 aromatic heterocycles. The van der Waals surface area contributed by atoms with Crippen molar-refractivity contribution in [3.8, 4) is 0 Å². The second-order valence-electron chi connectivity index (χ2n) is 8.03. The van der Waals surface area contributed by atoms with Gasteiger partial charge in [-0.2, -0.15) is 4.31 Å². The van der Waals surface area contributed by atoms with E-state index in [4.69, 9.17) is 0 Å². The van der Waals surface area contributed by atoms with Crippen molar-refractivity contribution in [1.82, 2.24) is 9.21 Å². The SMILES string of the molecule is O=C(Nc1ccc(CN2C(=O)CSC2=O)cc1)c1cccc(S(=O)(=O)N2CCCCCC2)c1. The maximum absolute atomic E-state index is 13.0. The van der Waals surface area contributed by atoms with Gasteiger partial charge in [-0.3, -0.25) is 19.3 Å². The lowest BCUT2D eigenvalue weighted by atomic mass is 10.1. The Kier molecular flexibility index (Phi) is 7.16. The monoisotopic (exact) mass is 487 g/mol. The lowest BCUT2D eigenvalue weighted by Gasteiger charge is -2.20. The molecule has 3 amide bonds. The Morgan fingerprint density at radius 2 is 1.67 bits per heavy atom. The highest BCUT2D eigenvalue weighted by Gasteiger charge is 2.29. The molecule has 8 nitrogen and oxygen atoms in total. The standard InChI is InChI=1S/C23H25N3O5S2/c27-21-16-32-23(29)26(21)15-17-8-10-19(11-9-17)24-22(28)18-6-5-7-20(14-18)33(30,31)25-12-3-1-2-4-13-25/h5-11,14H,1-4,12-13,15-16H2,(H,24,28). The number of carbonyl (C=O) groups excluding carboxylic acids is 3. The van der Waals surface area contributed by atoms with Gasteiger partial charge in [0.15, 0.2) is 0 Å². The molecule has 1 N–H and O–H groups in total. The Bertz CT molecular complexity index is 1140. The molecule has 2 heterocycles. The van der Waals surface area contributed by atoms with Gasteiger partial charge in [0.25, 0.3) is 11.1 Å². The average molecular weight is 488 g/mol. The predicted molar refractivity (Wildman–Crippen MR) is 126 cm³/mol. The maximum Gasteiger partial charge on any atom is 0.289 e. The minimum Gasteiger partial charge on any atom is -0.322 e. The smallest absolute Gasteiger partial charge is 0.289 e. The summed E-state index contributed by atoms with van der Waals surface area (Å²) in [5.41, 5.74) is 1.54. The summed E-state index contributed by atoms with van der Waals surface area (Å²) in [6, 6.07) is 12.9. The Balaban J connectivity index is 1.43. The van der Waals surface area contributed by atoms with Gasteiger partial charge in [-0.1, -0.05) is 42.8 Å². The minimum atomic E-state index is -3.65. The van der Waals surface area contributed by atoms with Crippen LogP contribution in [0.25, 0.3) is 0 Å². The summed E-state index contributed by atoms with van der Waals surface area (Å²) in [5.74, 6) is -0.464. The number of imide groups is 1. The van der Waals surface area contributed by atoms with Crippen molar-refractivity contribution in [2.45, 2.75) is 37.1 Å². The van der Waals surface area contributed by atoms with Crippen LogP contribution in [0.4, 0.5) is 10.5 Å². The van der Waals surface area contributed by atoms with Gasteiger partial charge in [-0.25, -0.2) is 8.42 Å². The topological polar surface area (TPSA) is 104 Å². The van der Waals surface area contributed by atoms with Crippen molar-refractivity contribution in [2.24, 2.45) is 0 Å². The van der Waals surface area contributed by atoms with Gasteiger partial charge in [0.2, 0.25) is 15.9 Å². The molecule has 2 aromatic carbocycles. The van der Waals surface area contributed by atoms with Crippen LogP contribution in [0.2, 0.25) is 0 Å². The first-order valence-electron chi connectivity index (χ1n) is 10.8. The van der Waals surface area contributed by atoms with Crippen LogP contribution in [0.15, 0.2) is 53.4 Å². The molecule has 0 spiro atoms. The van der Waals surface area contributed by atoms with Crippen LogP contribution in [0.3, 0.4) is 0 Å². The van der Waals surface area contributed by atoms with Crippen molar-refractivity contribution in [1.29, 1.82) is 0 Å². The number of hydrogen-bond acceptors (Lipinski definition) is 6. The first-order valence-corrected chi connectivity index (χ1v) is 13.2. The van der Waals surface area contributed by atoms with Gasteiger partial charge in [0.05, 0.1) is 17.2 Å². The second kappa shape index (κ2) is 10.1. The van der Waals surface area contributed by atoms with Crippen LogP contribution in [0, 0.1) is 0 Å². The molecular formula is C23H25N3O5S2. The van der Waals surface area contributed by atoms with Crippen LogP contribution in [0.1, 0.15) is 41.6 Å². The molecule has 33 heavy (non-hydrogen) atoms. The molecule has 2 fully saturated rings. The Labute approximate surface area is 197 Å². The lowest BCUT2D eigenvalue weighted by Crippen LogP contribution is -2.32. The van der Waals surface area contributed by atoms with E-state index in [2.05, 4.69) is 5.32 Å². The van der Waals surface area contributed by atoms with E-state index < -0.39 is 15.9 Å². The molecular weight excluding hydrogens is 462 g/mol. The zero-order valence-corrected chi connectivity index (χ0v) is 19.7. The van der Waals surface area contributed by atoms with Gasteiger partial charge >= 0.3 is 0 Å². The fourth-order valence-electron chi connectivity index (χ4n) is 3.84. The lowest BCUT2D eigenvalue weighted by molar-refractivity contribution is -0.125. The largest absolute Gasteiger partial charge is 0.322 e. The van der Waals surface area contributed by atoms with E-state index in [1.165, 1.54) is 21.3 Å². The van der Waals surface area contributed by atoms with E-state index >= 15 is 0 Å². The fraction of sp³-hybridized carbons (Fsp3) is 0.348. The molecule has 2 aliphatic heterocycles. The maximum atomic E-state index is 13.0. The molecule has 4 rings (SSSR count). The molecule has 10 heteroatoms. The fourth-order valence-corrected chi connectivity index (χ4v) is 6.13. The molecule has 0 saturated carbocycles. The number of nitrogens with zero attached hydrogens (tertiary/aromatic N) is 2. The van der Waals surface area contributed by atoms with Gasteiger partial charge in [0, 0.05) is 24.3 Å². The molecule has 0 atom stereocenters. The van der Waals surface area contributed by atoms with E-state index in [0.29, 0.717) is 18.8 Å². The molecule has 0 bridgehead atoms. The second-order valence-corrected chi connectivity index (χ2v) is 10.9. The van der Waals surface area contributed by atoms with Gasteiger partial charge in [-0.15, -0.1) is 0 Å². The van der Waals surface area contributed by atoms with Crippen LogP contribution in [-0.4, -0.2) is 53.5 Å². The number of nitrogens with one attached hydrogen (secondary N) is 1. The Morgan fingerprint density at radius 1 is 0.970 bits per heavy atom. The van der Waals surface area contributed by atoms with Crippen molar-refractivity contribution < 1.29 is 22.8 Å². The molecule has 2 saturated heterocycles. The first kappa shape index (κ1) is 23.5. The summed E-state index contributed by atoms with van der Waals surface area (Å²) in [6.07, 6.45) is 3.73. The highest BCUT2D eigenvalue weighted by atomic mass is 32.2. The summed E-state index contributed by atoms with van der Waals surface area (Å²) in [6.45, 7) is 1.19. The first-order chi connectivity index (χ1) is 15.8. The summed E-state index contributed by atoms with van der Waals surface area (Å²) < 4.78 is 27.6. The van der Waals surface area contributed by atoms with Gasteiger partial charge < -0.3 is 5.32 Å². The van der Waals surface area contributed by atoms with E-state index in [1.54, 1.807) is 36.4 Å². The van der Waals surface area contributed by atoms with Gasteiger partial charge in [0.1, 0.15) is 0 Å². The number of amides is 3. The number of thioether (sulfide) groups is 1. The number of sulfonamides is 1. The highest BCUT2D eigenvalue weighted by Crippen LogP contribution is 2.23. The van der Waals surface area contributed by atoms with E-state index in [1.807, 2.05) is 0 Å². The Hall–Kier alpha value is -2.69. The van der Waals surface area contributed by atoms with Crippen LogP contribution in [-0.2, 0) is 21.4 Å². The van der Waals surface area contributed by atoms with Crippen LogP contribution < -0.4 is 5.32 Å². The molecule has 0 aliphatic carbocycles. The summed E-state index contributed by atoms with van der Waals surface area (Å²) in [5, 5.41) is 2.51. The van der Waals surface area contributed by atoms with E-state index in [0.717, 1.165) is 43.0 Å². The molecule has 2 aliphatic rings. The molecule has 0 unspecified atom stereocenters. The third kappa shape index (κ3) is 5.45. The van der Waals surface area contributed by atoms with E-state index in [-0.39, 0.29) is 33.9 Å². The van der Waals surface area contributed by atoms with Crippen molar-refractivity contribution in [2.75, 3.05) is 24.2 Å². The normalized spacial score (nSPS) is 17.8. The summed E-state index contributed by atoms with van der Waals surface area (Å²) in [4.78, 5) is 37.6. The van der Waals surface area contributed by atoms with Crippen molar-refractivity contribution in [3.63, 3.8) is 0 Å². The highest BCUT2D eigenvalue weighted by molar-refractivity contribution is 8.14. The number of carbonyl (C=O) groups is 3. The minimum absolute atomic E-state index is 0.116. The van der Waals surface area contributed by atoms with Crippen LogP contribution >= 0.6 is 11.8 Å². The average Bonchev–Trinajstić information content (AvgIpc) is 3.01. The number of benzene rings is 2. The zero-order valence-electron chi connectivity index (χ0n) is 18.0. The number of rotatable bonds is 6. The predicted octanol–water partition coefficient (Wildman–Crippen LogP) is 3.70. The van der Waals surface area contributed by atoms with Crippen LogP contribution in [0.5, 0.6) is 0 Å². The summed E-state index contributed by atoms with van der Waals surface area (Å²) in [7, 11) is -3.65. The Morgan fingerprint density at radius 3 is 2.30 bits per heavy atom. The van der Waals surface area contributed by atoms with Crippen molar-refractivity contribution in [3.05, 3.63) is 59.7 Å². The third-order valence-electron chi connectivity index (χ3n) is 5.69. The zero-order chi connectivity index (χ0) is 23.4. The third-order valence-corrected chi connectivity index (χ3v) is 8.45. The number of anilines is 1. The van der Waals surface area contributed by atoms with Gasteiger partial charge in [-0.05, 0) is 48.7 Å². The molecule has 174 valence electrons. The molecule has 2 aromatic rings. The van der Waals surface area contributed by atoms with Crippen molar-refractivity contribution >= 4 is 44.5 Å². The quantitative estimate of drug-likeness (QED) is 0.666. The molecule has 0 radical (unpaired) electrons.